The van der Waals surface area contributed by atoms with Crippen LogP contribution in [-0.4, -0.2) is 30.8 Å². The molecule has 0 aliphatic heterocycles. The van der Waals surface area contributed by atoms with Gasteiger partial charge in [-0.2, -0.15) is 0 Å². The lowest BCUT2D eigenvalue weighted by atomic mass is 9.88. The smallest absolute Gasteiger partial charge is 0.137 e. The summed E-state index contributed by atoms with van der Waals surface area (Å²) in [5, 5.41) is 3.59. The van der Waals surface area contributed by atoms with E-state index in [9.17, 15) is 0 Å². The molecule has 2 atom stereocenters. The van der Waals surface area contributed by atoms with Crippen molar-refractivity contribution in [2.75, 3.05) is 20.3 Å². The Morgan fingerprint density at radius 3 is 2.57 bits per heavy atom. The zero-order valence-corrected chi connectivity index (χ0v) is 14.1. The van der Waals surface area contributed by atoms with Gasteiger partial charge in [-0.15, -0.1) is 0 Å². The third-order valence-corrected chi connectivity index (χ3v) is 3.92. The molecule has 0 saturated heterocycles. The highest BCUT2D eigenvalue weighted by molar-refractivity contribution is 5.28. The number of pyridine rings is 1. The number of ether oxygens (including phenoxy) is 2. The Bertz CT molecular complexity index is 406. The molecule has 0 aliphatic rings. The molecule has 120 valence electrons. The predicted molar refractivity (Wildman–Crippen MR) is 86.8 cm³/mol. The second-order valence-electron chi connectivity index (χ2n) is 5.56. The van der Waals surface area contributed by atoms with E-state index in [1.807, 2.05) is 6.20 Å². The van der Waals surface area contributed by atoms with Crippen molar-refractivity contribution in [1.29, 1.82) is 0 Å². The van der Waals surface area contributed by atoms with Gasteiger partial charge < -0.3 is 14.8 Å². The van der Waals surface area contributed by atoms with E-state index in [0.29, 0.717) is 6.61 Å². The van der Waals surface area contributed by atoms with E-state index in [0.717, 1.165) is 37.1 Å². The quantitative estimate of drug-likeness (QED) is 0.714. The lowest BCUT2D eigenvalue weighted by molar-refractivity contribution is -0.0300. The van der Waals surface area contributed by atoms with Crippen molar-refractivity contribution in [1.82, 2.24) is 10.3 Å². The summed E-state index contributed by atoms with van der Waals surface area (Å²) < 4.78 is 11.5. The second-order valence-corrected chi connectivity index (χ2v) is 5.56. The number of rotatable bonds is 10. The summed E-state index contributed by atoms with van der Waals surface area (Å²) in [6, 6.07) is 2.17. The van der Waals surface area contributed by atoms with E-state index in [1.54, 1.807) is 13.3 Å². The first-order valence-electron chi connectivity index (χ1n) is 7.97. The number of nitrogens with zero attached hydrogens (tertiary/aromatic N) is 1. The molecule has 1 rings (SSSR count). The van der Waals surface area contributed by atoms with Crippen LogP contribution in [0.15, 0.2) is 18.5 Å². The molecule has 0 aromatic carbocycles. The average molecular weight is 294 g/mol. The zero-order chi connectivity index (χ0) is 15.7. The standard InChI is InChI=1S/C17H30N2O2/c1-6-9-19-16(17(4,8-3)20-5)14-11-15(13-18-12-14)21-10-7-2/h11-13,16,19H,6-10H2,1-5H3. The van der Waals surface area contributed by atoms with Crippen LogP contribution in [0.4, 0.5) is 0 Å². The highest BCUT2D eigenvalue weighted by Gasteiger charge is 2.33. The normalized spacial score (nSPS) is 15.5. The van der Waals surface area contributed by atoms with Crippen molar-refractivity contribution >= 4 is 0 Å². The molecule has 21 heavy (non-hydrogen) atoms. The van der Waals surface area contributed by atoms with Crippen LogP contribution in [0.2, 0.25) is 0 Å². The summed E-state index contributed by atoms with van der Waals surface area (Å²) >= 11 is 0. The third-order valence-electron chi connectivity index (χ3n) is 3.92. The molecule has 0 fully saturated rings. The maximum atomic E-state index is 5.79. The Morgan fingerprint density at radius 1 is 1.24 bits per heavy atom. The molecule has 1 aromatic heterocycles. The minimum absolute atomic E-state index is 0.102. The van der Waals surface area contributed by atoms with Crippen LogP contribution in [0.25, 0.3) is 0 Å². The van der Waals surface area contributed by atoms with E-state index in [4.69, 9.17) is 9.47 Å². The van der Waals surface area contributed by atoms with E-state index in [2.05, 4.69) is 44.1 Å². The summed E-state index contributed by atoms with van der Waals surface area (Å²) in [6.45, 7) is 10.2. The molecule has 1 heterocycles. The SMILES string of the molecule is CCCNC(c1cncc(OCCC)c1)C(C)(CC)OC. The predicted octanol–water partition coefficient (Wildman–Crippen LogP) is 3.73. The minimum atomic E-state index is -0.264. The Hall–Kier alpha value is -1.13. The lowest BCUT2D eigenvalue weighted by Crippen LogP contribution is -2.43. The highest BCUT2D eigenvalue weighted by Crippen LogP contribution is 2.32. The van der Waals surface area contributed by atoms with Crippen molar-refractivity contribution in [2.24, 2.45) is 0 Å². The van der Waals surface area contributed by atoms with Crippen LogP contribution in [0.1, 0.15) is 58.6 Å². The van der Waals surface area contributed by atoms with Gasteiger partial charge in [-0.3, -0.25) is 4.98 Å². The molecule has 0 saturated carbocycles. The monoisotopic (exact) mass is 294 g/mol. The van der Waals surface area contributed by atoms with Crippen molar-refractivity contribution in [3.05, 3.63) is 24.0 Å². The van der Waals surface area contributed by atoms with Gasteiger partial charge in [0.1, 0.15) is 5.75 Å². The van der Waals surface area contributed by atoms with Crippen LogP contribution in [0.3, 0.4) is 0 Å². The molecular formula is C17H30N2O2. The Morgan fingerprint density at radius 2 is 2.00 bits per heavy atom. The second kappa shape index (κ2) is 9.00. The van der Waals surface area contributed by atoms with Gasteiger partial charge in [-0.25, -0.2) is 0 Å². The largest absolute Gasteiger partial charge is 0.492 e. The first-order chi connectivity index (χ1) is 10.1. The maximum absolute atomic E-state index is 5.79. The minimum Gasteiger partial charge on any atom is -0.492 e. The lowest BCUT2D eigenvalue weighted by Gasteiger charge is -2.36. The van der Waals surface area contributed by atoms with Crippen LogP contribution >= 0.6 is 0 Å². The van der Waals surface area contributed by atoms with E-state index in [1.165, 1.54) is 0 Å². The number of methoxy groups -OCH3 is 1. The molecule has 4 nitrogen and oxygen atoms in total. The summed E-state index contributed by atoms with van der Waals surface area (Å²) in [5.41, 5.74) is 0.850. The van der Waals surface area contributed by atoms with Gasteiger partial charge in [0.2, 0.25) is 0 Å². The van der Waals surface area contributed by atoms with Crippen LogP contribution in [0.5, 0.6) is 5.75 Å². The van der Waals surface area contributed by atoms with Gasteiger partial charge in [0.05, 0.1) is 24.4 Å². The molecule has 2 unspecified atom stereocenters. The summed E-state index contributed by atoms with van der Waals surface area (Å²) in [4.78, 5) is 4.33. The van der Waals surface area contributed by atoms with E-state index >= 15 is 0 Å². The first-order valence-corrected chi connectivity index (χ1v) is 7.97. The molecule has 0 bridgehead atoms. The number of nitrogens with one attached hydrogen (secondary N) is 1. The molecule has 0 radical (unpaired) electrons. The van der Waals surface area contributed by atoms with E-state index < -0.39 is 0 Å². The Balaban J connectivity index is 3.01. The summed E-state index contributed by atoms with van der Waals surface area (Å²) in [7, 11) is 1.77. The molecule has 0 aliphatic carbocycles. The number of aromatic nitrogens is 1. The molecule has 0 amide bonds. The Kier molecular flexibility index (Phi) is 7.68. The number of hydrogen-bond donors (Lipinski definition) is 1. The highest BCUT2D eigenvalue weighted by atomic mass is 16.5. The molecule has 1 N–H and O–H groups in total. The average Bonchev–Trinajstić information content (AvgIpc) is 2.53. The van der Waals surface area contributed by atoms with Gasteiger partial charge in [0.25, 0.3) is 0 Å². The topological polar surface area (TPSA) is 43.4 Å². The fraction of sp³-hybridized carbons (Fsp3) is 0.706. The third kappa shape index (κ3) is 4.97. The van der Waals surface area contributed by atoms with Crippen LogP contribution in [0, 0.1) is 0 Å². The summed E-state index contributed by atoms with van der Waals surface area (Å²) in [5.74, 6) is 0.826. The van der Waals surface area contributed by atoms with Crippen molar-refractivity contribution in [3.63, 3.8) is 0 Å². The van der Waals surface area contributed by atoms with Crippen molar-refractivity contribution in [2.45, 2.75) is 58.6 Å². The molecular weight excluding hydrogens is 264 g/mol. The number of hydrogen-bond acceptors (Lipinski definition) is 4. The maximum Gasteiger partial charge on any atom is 0.137 e. The van der Waals surface area contributed by atoms with Crippen LogP contribution in [-0.2, 0) is 4.74 Å². The van der Waals surface area contributed by atoms with Gasteiger partial charge in [0.15, 0.2) is 0 Å². The fourth-order valence-electron chi connectivity index (χ4n) is 2.33. The zero-order valence-electron chi connectivity index (χ0n) is 14.1. The Labute approximate surface area is 129 Å². The van der Waals surface area contributed by atoms with Crippen LogP contribution < -0.4 is 10.1 Å². The van der Waals surface area contributed by atoms with Gasteiger partial charge in [-0.05, 0) is 44.4 Å². The summed E-state index contributed by atoms with van der Waals surface area (Å²) in [6.07, 6.45) is 6.67. The molecule has 1 aromatic rings. The van der Waals surface area contributed by atoms with Crippen molar-refractivity contribution in [3.8, 4) is 5.75 Å². The van der Waals surface area contributed by atoms with Gasteiger partial charge >= 0.3 is 0 Å². The van der Waals surface area contributed by atoms with Gasteiger partial charge in [-0.1, -0.05) is 20.8 Å². The first kappa shape index (κ1) is 17.9. The van der Waals surface area contributed by atoms with Gasteiger partial charge in [0, 0.05) is 13.3 Å². The van der Waals surface area contributed by atoms with E-state index in [-0.39, 0.29) is 11.6 Å². The van der Waals surface area contributed by atoms with Crippen molar-refractivity contribution < 1.29 is 9.47 Å². The molecule has 4 heteroatoms. The fourth-order valence-corrected chi connectivity index (χ4v) is 2.33. The molecule has 0 spiro atoms.